The lowest BCUT2D eigenvalue weighted by atomic mass is 10.0. The van der Waals surface area contributed by atoms with Crippen LogP contribution in [0.2, 0.25) is 0 Å². The summed E-state index contributed by atoms with van der Waals surface area (Å²) in [6.45, 7) is 1.88. The number of ketones is 1. The molecule has 112 valence electrons. The van der Waals surface area contributed by atoms with Crippen molar-refractivity contribution in [1.82, 2.24) is 9.97 Å². The minimum absolute atomic E-state index is 0.0954. The van der Waals surface area contributed by atoms with Crippen molar-refractivity contribution in [3.8, 4) is 0 Å². The quantitative estimate of drug-likeness (QED) is 0.544. The highest BCUT2D eigenvalue weighted by Crippen LogP contribution is 2.27. The molecule has 22 heavy (non-hydrogen) atoms. The third-order valence-electron chi connectivity index (χ3n) is 3.20. The maximum Gasteiger partial charge on any atom is 0.248 e. The maximum absolute atomic E-state index is 12.6. The molecule has 7 heteroatoms. The Labute approximate surface area is 131 Å². The number of aromatic nitrogens is 2. The van der Waals surface area contributed by atoms with Gasteiger partial charge < -0.3 is 0 Å². The largest absolute Gasteiger partial charge is 0.288 e. The molecule has 3 aromatic rings. The average molecular weight is 332 g/mol. The summed E-state index contributed by atoms with van der Waals surface area (Å²) < 4.78 is 23.0. The van der Waals surface area contributed by atoms with E-state index in [1.165, 1.54) is 17.5 Å². The standard InChI is InChI=1S/C15H12N2O3S2/c1-9-5-3-4-6-11(9)13(18)12-7-10-8-16-15(22(2,19)20)17-14(10)21-12/h3-8H,1-2H3. The second-order valence-corrected chi connectivity index (χ2v) is 7.88. The number of sulfone groups is 1. The highest BCUT2D eigenvalue weighted by molar-refractivity contribution is 7.90. The van der Waals surface area contributed by atoms with Crippen molar-refractivity contribution in [3.63, 3.8) is 0 Å². The van der Waals surface area contributed by atoms with E-state index in [0.29, 0.717) is 20.7 Å². The van der Waals surface area contributed by atoms with Gasteiger partial charge in [-0.3, -0.25) is 4.79 Å². The van der Waals surface area contributed by atoms with Gasteiger partial charge in [0, 0.05) is 23.4 Å². The summed E-state index contributed by atoms with van der Waals surface area (Å²) in [5.41, 5.74) is 1.53. The number of thiophene rings is 1. The Hall–Kier alpha value is -2.12. The molecule has 0 N–H and O–H groups in total. The molecule has 0 spiro atoms. The van der Waals surface area contributed by atoms with Crippen LogP contribution in [-0.4, -0.2) is 30.4 Å². The van der Waals surface area contributed by atoms with E-state index in [4.69, 9.17) is 0 Å². The smallest absolute Gasteiger partial charge is 0.248 e. The molecule has 2 heterocycles. The molecule has 0 saturated heterocycles. The summed E-state index contributed by atoms with van der Waals surface area (Å²) in [6, 6.07) is 9.04. The minimum Gasteiger partial charge on any atom is -0.288 e. The summed E-state index contributed by atoms with van der Waals surface area (Å²) >= 11 is 1.17. The first-order valence-electron chi connectivity index (χ1n) is 6.43. The van der Waals surface area contributed by atoms with E-state index < -0.39 is 9.84 Å². The van der Waals surface area contributed by atoms with E-state index in [1.807, 2.05) is 25.1 Å². The van der Waals surface area contributed by atoms with Gasteiger partial charge in [-0.05, 0) is 18.6 Å². The van der Waals surface area contributed by atoms with E-state index in [-0.39, 0.29) is 10.9 Å². The predicted molar refractivity (Wildman–Crippen MR) is 85.1 cm³/mol. The number of carbonyl (C=O) groups is 1. The lowest BCUT2D eigenvalue weighted by Gasteiger charge is -2.01. The molecule has 5 nitrogen and oxygen atoms in total. The molecule has 0 amide bonds. The monoisotopic (exact) mass is 332 g/mol. The van der Waals surface area contributed by atoms with Crippen molar-refractivity contribution in [1.29, 1.82) is 0 Å². The van der Waals surface area contributed by atoms with Crippen LogP contribution in [0.3, 0.4) is 0 Å². The van der Waals surface area contributed by atoms with Gasteiger partial charge in [0.1, 0.15) is 4.83 Å². The van der Waals surface area contributed by atoms with Gasteiger partial charge in [-0.25, -0.2) is 18.4 Å². The Balaban J connectivity index is 2.10. The Kier molecular flexibility index (Phi) is 3.54. The molecule has 0 radical (unpaired) electrons. The summed E-state index contributed by atoms with van der Waals surface area (Å²) in [4.78, 5) is 21.4. The number of hydrogen-bond donors (Lipinski definition) is 0. The fraction of sp³-hybridized carbons (Fsp3) is 0.133. The molecule has 0 saturated carbocycles. The van der Waals surface area contributed by atoms with Crippen molar-refractivity contribution in [2.75, 3.05) is 6.26 Å². The first-order valence-corrected chi connectivity index (χ1v) is 9.14. The zero-order valence-corrected chi connectivity index (χ0v) is 13.5. The third kappa shape index (κ3) is 2.65. The van der Waals surface area contributed by atoms with Crippen molar-refractivity contribution >= 4 is 37.2 Å². The molecule has 2 aromatic heterocycles. The molecule has 3 rings (SSSR count). The van der Waals surface area contributed by atoms with E-state index in [0.717, 1.165) is 11.8 Å². The summed E-state index contributed by atoms with van der Waals surface area (Å²) in [5.74, 6) is -0.0954. The van der Waals surface area contributed by atoms with Gasteiger partial charge in [-0.1, -0.05) is 24.3 Å². The summed E-state index contributed by atoms with van der Waals surface area (Å²) in [5, 5.41) is 0.436. The van der Waals surface area contributed by atoms with Gasteiger partial charge in [0.2, 0.25) is 20.8 Å². The van der Waals surface area contributed by atoms with Crippen LogP contribution in [0.4, 0.5) is 0 Å². The van der Waals surface area contributed by atoms with Gasteiger partial charge in [0.25, 0.3) is 0 Å². The van der Waals surface area contributed by atoms with E-state index >= 15 is 0 Å². The first kappa shape index (κ1) is 14.8. The molecular formula is C15H12N2O3S2. The molecule has 0 aliphatic carbocycles. The Bertz CT molecular complexity index is 991. The van der Waals surface area contributed by atoms with Crippen molar-refractivity contribution in [2.24, 2.45) is 0 Å². The van der Waals surface area contributed by atoms with Crippen molar-refractivity contribution in [3.05, 3.63) is 52.5 Å². The SMILES string of the molecule is Cc1ccccc1C(=O)c1cc2cnc(S(C)(=O)=O)nc2s1. The first-order chi connectivity index (χ1) is 10.4. The second-order valence-electron chi connectivity index (χ2n) is 4.94. The number of fused-ring (bicyclic) bond motifs is 1. The Morgan fingerprint density at radius 2 is 1.95 bits per heavy atom. The number of hydrogen-bond acceptors (Lipinski definition) is 6. The van der Waals surface area contributed by atoms with Crippen LogP contribution in [0.15, 0.2) is 41.7 Å². The van der Waals surface area contributed by atoms with Gasteiger partial charge >= 0.3 is 0 Å². The van der Waals surface area contributed by atoms with Crippen LogP contribution < -0.4 is 0 Å². The van der Waals surface area contributed by atoms with Crippen molar-refractivity contribution in [2.45, 2.75) is 12.1 Å². The lowest BCUT2D eigenvalue weighted by Crippen LogP contribution is -2.02. The maximum atomic E-state index is 12.6. The normalized spacial score (nSPS) is 11.7. The molecule has 0 aliphatic heterocycles. The lowest BCUT2D eigenvalue weighted by molar-refractivity contribution is 0.104. The van der Waals surface area contributed by atoms with Gasteiger partial charge in [-0.15, -0.1) is 11.3 Å². The van der Waals surface area contributed by atoms with Crippen LogP contribution in [-0.2, 0) is 9.84 Å². The highest BCUT2D eigenvalue weighted by Gasteiger charge is 2.17. The Morgan fingerprint density at radius 3 is 2.64 bits per heavy atom. The highest BCUT2D eigenvalue weighted by atomic mass is 32.2. The molecule has 0 bridgehead atoms. The fourth-order valence-corrected chi connectivity index (χ4v) is 3.58. The molecule has 1 aromatic carbocycles. The van der Waals surface area contributed by atoms with Crippen LogP contribution >= 0.6 is 11.3 Å². The van der Waals surface area contributed by atoms with Crippen LogP contribution in [0, 0.1) is 6.92 Å². The van der Waals surface area contributed by atoms with Gasteiger partial charge in [0.05, 0.1) is 4.88 Å². The number of rotatable bonds is 3. The van der Waals surface area contributed by atoms with Gasteiger partial charge in [-0.2, -0.15) is 0 Å². The Morgan fingerprint density at radius 1 is 1.23 bits per heavy atom. The van der Waals surface area contributed by atoms with Gasteiger partial charge in [0.15, 0.2) is 0 Å². The zero-order valence-electron chi connectivity index (χ0n) is 11.9. The van der Waals surface area contributed by atoms with Crippen LogP contribution in [0.5, 0.6) is 0 Å². The number of carbonyl (C=O) groups excluding carboxylic acids is 1. The fourth-order valence-electron chi connectivity index (χ4n) is 2.07. The number of aryl methyl sites for hydroxylation is 1. The second kappa shape index (κ2) is 5.26. The predicted octanol–water partition coefficient (Wildman–Crippen LogP) is 2.63. The molecular weight excluding hydrogens is 320 g/mol. The number of benzene rings is 1. The molecule has 0 fully saturated rings. The third-order valence-corrected chi connectivity index (χ3v) is 5.10. The van der Waals surface area contributed by atoms with Crippen LogP contribution in [0.1, 0.15) is 20.8 Å². The van der Waals surface area contributed by atoms with Crippen LogP contribution in [0.25, 0.3) is 10.2 Å². The van der Waals surface area contributed by atoms with E-state index in [2.05, 4.69) is 9.97 Å². The molecule has 0 atom stereocenters. The molecule has 0 unspecified atom stereocenters. The number of nitrogens with zero attached hydrogens (tertiary/aromatic N) is 2. The van der Waals surface area contributed by atoms with E-state index in [1.54, 1.807) is 12.1 Å². The minimum atomic E-state index is -3.46. The summed E-state index contributed by atoms with van der Waals surface area (Å²) in [6.07, 6.45) is 2.49. The molecule has 0 aliphatic rings. The average Bonchev–Trinajstić information content (AvgIpc) is 2.89. The summed E-state index contributed by atoms with van der Waals surface area (Å²) in [7, 11) is -3.46. The zero-order chi connectivity index (χ0) is 15.9. The van der Waals surface area contributed by atoms with Crippen molar-refractivity contribution < 1.29 is 13.2 Å². The topological polar surface area (TPSA) is 77.0 Å². The van der Waals surface area contributed by atoms with E-state index in [9.17, 15) is 13.2 Å².